The van der Waals surface area contributed by atoms with Crippen molar-refractivity contribution < 1.29 is 13.2 Å². The molecule has 0 bridgehead atoms. The third kappa shape index (κ3) is 3.48. The summed E-state index contributed by atoms with van der Waals surface area (Å²) in [6.07, 6.45) is -4.14. The zero-order valence-corrected chi connectivity index (χ0v) is 10.7. The second kappa shape index (κ2) is 4.71. The zero-order chi connectivity index (χ0) is 13.3. The summed E-state index contributed by atoms with van der Waals surface area (Å²) in [4.78, 5) is 0. The van der Waals surface area contributed by atoms with Gasteiger partial charge in [-0.3, -0.25) is 0 Å². The van der Waals surface area contributed by atoms with E-state index in [0.29, 0.717) is 5.92 Å². The van der Waals surface area contributed by atoms with Crippen LogP contribution in [0.3, 0.4) is 0 Å². The van der Waals surface area contributed by atoms with Crippen LogP contribution in [0.2, 0.25) is 0 Å². The van der Waals surface area contributed by atoms with Crippen LogP contribution in [0.5, 0.6) is 0 Å². The highest BCUT2D eigenvalue weighted by atomic mass is 19.4. The number of alkyl halides is 3. The lowest BCUT2D eigenvalue weighted by Gasteiger charge is -2.27. The topological polar surface area (TPSA) is 0 Å². The first-order valence-corrected chi connectivity index (χ1v) is 5.79. The average molecular weight is 244 g/mol. The summed E-state index contributed by atoms with van der Waals surface area (Å²) in [6.45, 7) is 6.61. The molecule has 1 aromatic rings. The van der Waals surface area contributed by atoms with Gasteiger partial charge in [-0.25, -0.2) is 0 Å². The lowest BCUT2D eigenvalue weighted by Crippen LogP contribution is -2.34. The molecule has 0 heterocycles. The van der Waals surface area contributed by atoms with Crippen LogP contribution in [0, 0.1) is 5.41 Å². The maximum Gasteiger partial charge on any atom is 0.394 e. The summed E-state index contributed by atoms with van der Waals surface area (Å²) < 4.78 is 38.2. The number of hydrogen-bond acceptors (Lipinski definition) is 0. The van der Waals surface area contributed by atoms with Gasteiger partial charge in [0.2, 0.25) is 0 Å². The normalized spacial score (nSPS) is 13.2. The van der Waals surface area contributed by atoms with E-state index in [1.54, 1.807) is 12.1 Å². The fraction of sp³-hybridized carbons (Fsp3) is 0.571. The average Bonchev–Trinajstić information content (AvgIpc) is 2.16. The number of rotatable bonds is 3. The Bertz CT molecular complexity index is 358. The van der Waals surface area contributed by atoms with E-state index in [1.807, 2.05) is 12.1 Å². The molecule has 0 N–H and O–H groups in total. The van der Waals surface area contributed by atoms with Gasteiger partial charge in [0, 0.05) is 0 Å². The Hall–Kier alpha value is -0.990. The molecule has 0 atom stereocenters. The molecular weight excluding hydrogens is 225 g/mol. The van der Waals surface area contributed by atoms with Crippen molar-refractivity contribution in [2.75, 3.05) is 0 Å². The highest BCUT2D eigenvalue weighted by Gasteiger charge is 2.46. The van der Waals surface area contributed by atoms with E-state index in [2.05, 4.69) is 13.8 Å². The predicted molar refractivity (Wildman–Crippen MR) is 64.1 cm³/mol. The van der Waals surface area contributed by atoms with Crippen LogP contribution in [-0.2, 0) is 6.42 Å². The molecule has 0 nitrogen and oxygen atoms in total. The van der Waals surface area contributed by atoms with Gasteiger partial charge in [-0.15, -0.1) is 0 Å². The molecule has 3 heteroatoms. The lowest BCUT2D eigenvalue weighted by molar-refractivity contribution is -0.211. The first-order chi connectivity index (χ1) is 7.63. The SMILES string of the molecule is CC(C)c1ccc(CC(C)(C)C(F)(F)F)cc1. The van der Waals surface area contributed by atoms with Gasteiger partial charge in [0.25, 0.3) is 0 Å². The van der Waals surface area contributed by atoms with Crippen LogP contribution in [0.15, 0.2) is 24.3 Å². The Morgan fingerprint density at radius 2 is 1.47 bits per heavy atom. The molecular formula is C14H19F3. The van der Waals surface area contributed by atoms with Crippen LogP contribution in [0.25, 0.3) is 0 Å². The largest absolute Gasteiger partial charge is 0.394 e. The first-order valence-electron chi connectivity index (χ1n) is 5.79. The summed E-state index contributed by atoms with van der Waals surface area (Å²) in [5, 5.41) is 0. The van der Waals surface area contributed by atoms with E-state index < -0.39 is 11.6 Å². The van der Waals surface area contributed by atoms with Gasteiger partial charge in [0.1, 0.15) is 0 Å². The Morgan fingerprint density at radius 3 is 1.82 bits per heavy atom. The van der Waals surface area contributed by atoms with Crippen LogP contribution in [0.1, 0.15) is 44.7 Å². The standard InChI is InChI=1S/C14H19F3/c1-10(2)12-7-5-11(6-8-12)9-13(3,4)14(15,16)17/h5-8,10H,9H2,1-4H3. The summed E-state index contributed by atoms with van der Waals surface area (Å²) in [7, 11) is 0. The van der Waals surface area contributed by atoms with E-state index >= 15 is 0 Å². The fourth-order valence-corrected chi connectivity index (χ4v) is 1.63. The van der Waals surface area contributed by atoms with Crippen molar-refractivity contribution in [3.8, 4) is 0 Å². The van der Waals surface area contributed by atoms with Gasteiger partial charge < -0.3 is 0 Å². The maximum absolute atomic E-state index is 12.7. The molecule has 0 aliphatic heterocycles. The summed E-state index contributed by atoms with van der Waals surface area (Å²) in [6, 6.07) is 7.41. The molecule has 0 spiro atoms. The van der Waals surface area contributed by atoms with Crippen molar-refractivity contribution in [2.24, 2.45) is 5.41 Å². The van der Waals surface area contributed by atoms with Crippen LogP contribution in [-0.4, -0.2) is 6.18 Å². The number of benzene rings is 1. The number of hydrogen-bond donors (Lipinski definition) is 0. The minimum absolute atomic E-state index is 0.0227. The third-order valence-corrected chi connectivity index (χ3v) is 3.06. The molecule has 1 rings (SSSR count). The van der Waals surface area contributed by atoms with E-state index in [-0.39, 0.29) is 6.42 Å². The molecule has 0 saturated carbocycles. The summed E-state index contributed by atoms with van der Waals surface area (Å²) >= 11 is 0. The molecule has 0 aliphatic carbocycles. The predicted octanol–water partition coefficient (Wildman–Crippen LogP) is 4.94. The van der Waals surface area contributed by atoms with Crippen LogP contribution < -0.4 is 0 Å². The molecule has 0 unspecified atom stereocenters. The molecule has 0 amide bonds. The zero-order valence-electron chi connectivity index (χ0n) is 10.7. The molecule has 1 aromatic carbocycles. The summed E-state index contributed by atoms with van der Waals surface area (Å²) in [5.74, 6) is 0.402. The Kier molecular flexibility index (Phi) is 3.90. The minimum atomic E-state index is -4.16. The smallest absolute Gasteiger partial charge is 0.171 e. The quantitative estimate of drug-likeness (QED) is 0.706. The monoisotopic (exact) mass is 244 g/mol. The Balaban J connectivity index is 2.83. The van der Waals surface area contributed by atoms with Gasteiger partial charge in [-0.05, 0) is 23.5 Å². The Morgan fingerprint density at radius 1 is 1.00 bits per heavy atom. The molecule has 0 aromatic heterocycles. The highest BCUT2D eigenvalue weighted by Crippen LogP contribution is 2.40. The van der Waals surface area contributed by atoms with Crippen molar-refractivity contribution in [2.45, 2.75) is 46.2 Å². The fourth-order valence-electron chi connectivity index (χ4n) is 1.63. The Labute approximate surface area is 101 Å². The van der Waals surface area contributed by atoms with E-state index in [4.69, 9.17) is 0 Å². The minimum Gasteiger partial charge on any atom is -0.171 e. The van der Waals surface area contributed by atoms with Crippen molar-refractivity contribution in [1.29, 1.82) is 0 Å². The second-order valence-corrected chi connectivity index (χ2v) is 5.45. The molecule has 96 valence electrons. The van der Waals surface area contributed by atoms with Gasteiger partial charge >= 0.3 is 6.18 Å². The molecule has 0 saturated heterocycles. The molecule has 17 heavy (non-hydrogen) atoms. The lowest BCUT2D eigenvalue weighted by atomic mass is 9.84. The molecule has 0 radical (unpaired) electrons. The molecule has 0 fully saturated rings. The maximum atomic E-state index is 12.7. The van der Waals surface area contributed by atoms with Gasteiger partial charge in [-0.1, -0.05) is 52.0 Å². The first kappa shape index (κ1) is 14.1. The summed E-state index contributed by atoms with van der Waals surface area (Å²) in [5.41, 5.74) is 0.210. The van der Waals surface area contributed by atoms with Crippen LogP contribution in [0.4, 0.5) is 13.2 Å². The molecule has 0 aliphatic rings. The van der Waals surface area contributed by atoms with Crippen molar-refractivity contribution in [3.05, 3.63) is 35.4 Å². The van der Waals surface area contributed by atoms with E-state index in [0.717, 1.165) is 11.1 Å². The second-order valence-electron chi connectivity index (χ2n) is 5.45. The van der Waals surface area contributed by atoms with Crippen molar-refractivity contribution in [3.63, 3.8) is 0 Å². The third-order valence-electron chi connectivity index (χ3n) is 3.06. The van der Waals surface area contributed by atoms with Crippen molar-refractivity contribution in [1.82, 2.24) is 0 Å². The van der Waals surface area contributed by atoms with Crippen LogP contribution >= 0.6 is 0 Å². The van der Waals surface area contributed by atoms with Crippen molar-refractivity contribution >= 4 is 0 Å². The van der Waals surface area contributed by atoms with Gasteiger partial charge in [-0.2, -0.15) is 13.2 Å². The van der Waals surface area contributed by atoms with E-state index in [9.17, 15) is 13.2 Å². The van der Waals surface area contributed by atoms with E-state index in [1.165, 1.54) is 13.8 Å². The van der Waals surface area contributed by atoms with Gasteiger partial charge in [0.15, 0.2) is 0 Å². The number of halogens is 3. The van der Waals surface area contributed by atoms with Gasteiger partial charge in [0.05, 0.1) is 5.41 Å². The highest BCUT2D eigenvalue weighted by molar-refractivity contribution is 5.25.